The molecule has 5 rings (SSSR count). The molecule has 1 aliphatic carbocycles. The molecule has 3 heterocycles. The fraction of sp³-hybridized carbons (Fsp3) is 0.587. The molecule has 394 valence electrons. The zero-order chi connectivity index (χ0) is 53.1. The summed E-state index contributed by atoms with van der Waals surface area (Å²) in [7, 11) is -2.40. The normalized spacial score (nSPS) is 27.6. The summed E-state index contributed by atoms with van der Waals surface area (Å²) in [5.41, 5.74) is 5.80. The Balaban J connectivity index is 1.69. The molecule has 25 nitrogen and oxygen atoms in total. The number of primary amides is 1. The molecule has 72 heavy (non-hydrogen) atoms. The molecule has 0 radical (unpaired) electrons. The van der Waals surface area contributed by atoms with Gasteiger partial charge in [-0.2, -0.15) is 0 Å². The molecule has 0 saturated heterocycles. The molecule has 7 amide bonds. The molecule has 1 fully saturated rings. The number of aliphatic hydroxyl groups is 2. The van der Waals surface area contributed by atoms with E-state index >= 15 is 0 Å². The molecule has 26 heteroatoms. The second kappa shape index (κ2) is 25.0. The first-order chi connectivity index (χ1) is 34.0. The number of phenols is 1. The number of fused-ring (bicyclic) bond motifs is 5. The third-order valence-electron chi connectivity index (χ3n) is 13.2. The van der Waals surface area contributed by atoms with Crippen LogP contribution in [0.4, 0.5) is 0 Å². The Morgan fingerprint density at radius 3 is 2.18 bits per heavy atom. The summed E-state index contributed by atoms with van der Waals surface area (Å²) in [6.07, 6.45) is -6.32. The van der Waals surface area contributed by atoms with Crippen molar-refractivity contribution in [2.24, 2.45) is 35.3 Å². The van der Waals surface area contributed by atoms with Crippen molar-refractivity contribution in [3.8, 4) is 5.75 Å². The number of H-pyrrole nitrogens is 1. The maximum atomic E-state index is 14.9. The summed E-state index contributed by atoms with van der Waals surface area (Å²) in [5.74, 6) is -18.2. The number of hydrogen-bond acceptors (Lipinski definition) is 16. The predicted molar refractivity (Wildman–Crippen MR) is 250 cm³/mol. The number of aromatic nitrogens is 1. The van der Waals surface area contributed by atoms with Crippen LogP contribution in [0.3, 0.4) is 0 Å². The van der Waals surface area contributed by atoms with E-state index in [9.17, 15) is 72.3 Å². The Labute approximate surface area is 414 Å². The number of carbonyl (C=O) groups is 11. The Morgan fingerprint density at radius 1 is 0.847 bits per heavy atom. The molecule has 2 aromatic rings. The third-order valence-corrected chi connectivity index (χ3v) is 14.7. The Kier molecular flexibility index (Phi) is 19.5. The summed E-state index contributed by atoms with van der Waals surface area (Å²) in [6, 6.07) is -2.69. The van der Waals surface area contributed by atoms with Crippen molar-refractivity contribution in [1.82, 2.24) is 36.9 Å². The van der Waals surface area contributed by atoms with Gasteiger partial charge in [0.25, 0.3) is 0 Å². The number of carboxylic acids is 1. The number of aliphatic hydroxyl groups excluding tert-OH is 2. The van der Waals surface area contributed by atoms with Gasteiger partial charge in [0.15, 0.2) is 11.6 Å². The average Bonchev–Trinajstić information content (AvgIpc) is 3.89. The highest BCUT2D eigenvalue weighted by Crippen LogP contribution is 2.36. The lowest BCUT2D eigenvalue weighted by Gasteiger charge is -2.31. The van der Waals surface area contributed by atoms with Crippen LogP contribution in [0.25, 0.3) is 10.9 Å². The van der Waals surface area contributed by atoms with Gasteiger partial charge in [-0.05, 0) is 49.3 Å². The largest absolute Gasteiger partial charge is 0.508 e. The van der Waals surface area contributed by atoms with Crippen LogP contribution in [0, 0.1) is 29.6 Å². The van der Waals surface area contributed by atoms with Gasteiger partial charge < -0.3 is 67.8 Å². The first-order valence-corrected chi connectivity index (χ1v) is 24.8. The molecule has 0 spiro atoms. The van der Waals surface area contributed by atoms with Gasteiger partial charge in [0.05, 0.1) is 71.8 Å². The lowest BCUT2D eigenvalue weighted by atomic mass is 9.84. The van der Waals surface area contributed by atoms with Gasteiger partial charge >= 0.3 is 11.9 Å². The number of phenolic OH excluding ortho intramolecular Hbond substituents is 1. The number of benzene rings is 1. The highest BCUT2D eigenvalue weighted by atomic mass is 32.2. The van der Waals surface area contributed by atoms with E-state index < -0.39 is 186 Å². The minimum absolute atomic E-state index is 0.0863. The Morgan fingerprint density at radius 2 is 1.51 bits per heavy atom. The minimum Gasteiger partial charge on any atom is -0.508 e. The standard InChI is InChI=1S/C46H62N8O17S/c1-4-20(2)39-45(69)49-16-35(60)50-31-19-72(70)46-28(25-9-8-23(55)14-29(25)52-46)10-22(42(66)48-17-36(61)53-39)11-32(57)40(21(3)33(58)18-71-38(64)7-5-6-37(62)63)54-43(67)27-13-24(56)12-26(27)41(65)30(15-34(47)59)51-44(31)68/h8-9,14,20-22,24,26-27,30-31,33,39-40,52,55-56,58H,4-7,10-13,15-19H2,1-3H3,(H2,47,59)(H,48,66)(H,49,69)(H,50,60)(H,51,68)(H,53,61)(H,54,67)(H,62,63). The zero-order valence-corrected chi connectivity index (χ0v) is 40.7. The Hall–Kier alpha value is -6.80. The van der Waals surface area contributed by atoms with E-state index in [-0.39, 0.29) is 59.3 Å². The molecular weight excluding hydrogens is 969 g/mol. The lowest BCUT2D eigenvalue weighted by molar-refractivity contribution is -0.149. The average molecular weight is 1030 g/mol. The SMILES string of the molecule is CCC(C)C1NC(=O)CNC(=O)C2CC(=O)C(C(C)C(O)COC(=O)CCCC(=O)O)NC(=O)C3CC(O)CC3C(=O)C(CC(N)=O)NC(=O)C(CS(=O)c3[nH]c4cc(O)ccc4c3C2)NC(=O)CNC1=O. The van der Waals surface area contributed by atoms with Crippen LogP contribution >= 0.6 is 0 Å². The number of nitrogens with one attached hydrogen (secondary N) is 7. The number of aliphatic carboxylic acids is 1. The van der Waals surface area contributed by atoms with Gasteiger partial charge in [-0.3, -0.25) is 56.9 Å². The van der Waals surface area contributed by atoms with E-state index in [2.05, 4.69) is 36.9 Å². The number of hydrogen-bond donors (Lipinski definition) is 12. The summed E-state index contributed by atoms with van der Waals surface area (Å²) in [5, 5.41) is 56.5. The number of nitrogens with two attached hydrogens (primary N) is 1. The molecule has 3 aliphatic rings. The maximum absolute atomic E-state index is 14.9. The Bertz CT molecular complexity index is 2480. The second-order valence-electron chi connectivity index (χ2n) is 18.5. The van der Waals surface area contributed by atoms with Crippen LogP contribution in [-0.2, 0) is 74.7 Å². The summed E-state index contributed by atoms with van der Waals surface area (Å²) in [4.78, 5) is 152. The highest BCUT2D eigenvalue weighted by molar-refractivity contribution is 7.85. The minimum atomic E-state index is -2.40. The van der Waals surface area contributed by atoms with Gasteiger partial charge in [-0.1, -0.05) is 27.2 Å². The molecule has 12 atom stereocenters. The monoisotopic (exact) mass is 1030 g/mol. The zero-order valence-electron chi connectivity index (χ0n) is 39.9. The quantitative estimate of drug-likeness (QED) is 0.0941. The first-order valence-electron chi connectivity index (χ1n) is 23.5. The molecular formula is C46H62N8O17S. The molecule has 2 aliphatic heterocycles. The van der Waals surface area contributed by atoms with Crippen molar-refractivity contribution >= 4 is 86.6 Å². The molecule has 1 aromatic heterocycles. The van der Waals surface area contributed by atoms with E-state index in [1.54, 1.807) is 13.8 Å². The molecule has 1 aromatic carbocycles. The van der Waals surface area contributed by atoms with Crippen molar-refractivity contribution in [1.29, 1.82) is 0 Å². The number of Topliss-reactive ketones (excluding diaryl/α,β-unsaturated/α-hetero) is 2. The number of amides is 7. The van der Waals surface area contributed by atoms with Gasteiger partial charge in [-0.15, -0.1) is 0 Å². The van der Waals surface area contributed by atoms with Gasteiger partial charge in [-0.25, -0.2) is 0 Å². The molecule has 13 N–H and O–H groups in total. The third kappa shape index (κ3) is 14.6. The molecule has 2 bridgehead atoms. The topological polar surface area (TPSA) is 409 Å². The fourth-order valence-corrected chi connectivity index (χ4v) is 10.4. The van der Waals surface area contributed by atoms with E-state index in [1.807, 2.05) is 0 Å². The number of aromatic hydroxyl groups is 1. The number of carboxylic acid groups (broad SMARTS) is 1. The van der Waals surface area contributed by atoms with Crippen molar-refractivity contribution in [2.75, 3.05) is 25.4 Å². The number of aromatic amines is 1. The van der Waals surface area contributed by atoms with E-state index in [1.165, 1.54) is 25.1 Å². The summed E-state index contributed by atoms with van der Waals surface area (Å²) >= 11 is 0. The van der Waals surface area contributed by atoms with E-state index in [4.69, 9.17) is 15.6 Å². The van der Waals surface area contributed by atoms with Crippen molar-refractivity contribution in [3.63, 3.8) is 0 Å². The number of ether oxygens (including phenoxy) is 1. The van der Waals surface area contributed by atoms with Gasteiger partial charge in [0.2, 0.25) is 41.4 Å². The van der Waals surface area contributed by atoms with Crippen LogP contribution in [0.5, 0.6) is 5.75 Å². The van der Waals surface area contributed by atoms with Gasteiger partial charge in [0.1, 0.15) is 29.5 Å². The smallest absolute Gasteiger partial charge is 0.305 e. The van der Waals surface area contributed by atoms with E-state index in [0.717, 1.165) is 0 Å². The van der Waals surface area contributed by atoms with Gasteiger partial charge in [0, 0.05) is 48.5 Å². The first kappa shape index (κ1) is 56.1. The lowest BCUT2D eigenvalue weighted by Crippen LogP contribution is -2.58. The molecule has 1 saturated carbocycles. The second-order valence-corrected chi connectivity index (χ2v) is 20.0. The highest BCUT2D eigenvalue weighted by Gasteiger charge is 2.47. The van der Waals surface area contributed by atoms with Crippen LogP contribution in [-0.4, -0.2) is 156 Å². The van der Waals surface area contributed by atoms with Crippen LogP contribution < -0.4 is 37.6 Å². The van der Waals surface area contributed by atoms with E-state index in [0.29, 0.717) is 6.42 Å². The predicted octanol–water partition coefficient (Wildman–Crippen LogP) is -3.03. The number of carbonyl (C=O) groups excluding carboxylic acids is 10. The van der Waals surface area contributed by atoms with Crippen molar-refractivity contribution in [3.05, 3.63) is 23.8 Å². The maximum Gasteiger partial charge on any atom is 0.305 e. The summed E-state index contributed by atoms with van der Waals surface area (Å²) in [6.45, 7) is 2.40. The summed E-state index contributed by atoms with van der Waals surface area (Å²) < 4.78 is 19.9. The van der Waals surface area contributed by atoms with Crippen LogP contribution in [0.2, 0.25) is 0 Å². The number of ketones is 2. The molecule has 12 unspecified atom stereocenters. The van der Waals surface area contributed by atoms with Crippen molar-refractivity contribution in [2.45, 2.75) is 120 Å². The van der Waals surface area contributed by atoms with Crippen LogP contribution in [0.15, 0.2) is 23.2 Å². The number of rotatable bonds is 12. The van der Waals surface area contributed by atoms with Crippen molar-refractivity contribution < 1.29 is 82.1 Å². The van der Waals surface area contributed by atoms with Crippen LogP contribution in [0.1, 0.15) is 77.7 Å². The fourth-order valence-electron chi connectivity index (χ4n) is 9.01. The number of esters is 1.